The lowest BCUT2D eigenvalue weighted by molar-refractivity contribution is -0.125. The van der Waals surface area contributed by atoms with Crippen molar-refractivity contribution in [2.45, 2.75) is 46.5 Å². The normalized spacial score (nSPS) is 12.8. The molecular formula is C14H23NO3. The van der Waals surface area contributed by atoms with E-state index in [0.29, 0.717) is 18.8 Å². The van der Waals surface area contributed by atoms with Crippen LogP contribution in [-0.4, -0.2) is 24.7 Å². The number of carbonyl (C=O) groups is 1. The molecule has 1 heterocycles. The topological polar surface area (TPSA) is 52.3 Å². The number of rotatable bonds is 5. The number of ether oxygens (including phenoxy) is 1. The average molecular weight is 253 g/mol. The Hall–Kier alpha value is -1.16. The van der Waals surface area contributed by atoms with Crippen LogP contribution in [0.2, 0.25) is 0 Å². The Morgan fingerprint density at radius 3 is 2.44 bits per heavy atom. The first-order valence-corrected chi connectivity index (χ1v) is 6.15. The first-order chi connectivity index (χ1) is 8.16. The van der Waals surface area contributed by atoms with Gasteiger partial charge < -0.3 is 9.26 Å². The molecule has 0 aliphatic carbocycles. The van der Waals surface area contributed by atoms with Gasteiger partial charge in [-0.05, 0) is 0 Å². The van der Waals surface area contributed by atoms with E-state index in [1.807, 2.05) is 40.7 Å². The zero-order valence-electron chi connectivity index (χ0n) is 12.2. The maximum absolute atomic E-state index is 11.9. The fourth-order valence-corrected chi connectivity index (χ4v) is 1.57. The Labute approximate surface area is 109 Å². The maximum Gasteiger partial charge on any atom is 0.145 e. The van der Waals surface area contributed by atoms with Crippen molar-refractivity contribution in [3.63, 3.8) is 0 Å². The van der Waals surface area contributed by atoms with Crippen LogP contribution in [0.5, 0.6) is 0 Å². The molecular weight excluding hydrogens is 230 g/mol. The van der Waals surface area contributed by atoms with E-state index in [0.717, 1.165) is 5.69 Å². The summed E-state index contributed by atoms with van der Waals surface area (Å²) in [6.45, 7) is 10.3. The molecule has 0 saturated heterocycles. The molecule has 0 amide bonds. The predicted octanol–water partition coefficient (Wildman–Crippen LogP) is 2.76. The van der Waals surface area contributed by atoms with Crippen LogP contribution in [0.25, 0.3) is 0 Å². The van der Waals surface area contributed by atoms with Gasteiger partial charge in [-0.15, -0.1) is 0 Å². The molecule has 0 aliphatic rings. The maximum atomic E-state index is 11.9. The van der Waals surface area contributed by atoms with Gasteiger partial charge in [0, 0.05) is 24.0 Å². The van der Waals surface area contributed by atoms with Crippen molar-refractivity contribution in [2.24, 2.45) is 5.41 Å². The lowest BCUT2D eigenvalue weighted by Gasteiger charge is -2.19. The number of carbonyl (C=O) groups excluding carboxylic acids is 1. The van der Waals surface area contributed by atoms with Crippen LogP contribution in [0.1, 0.15) is 46.1 Å². The van der Waals surface area contributed by atoms with Gasteiger partial charge in [0.1, 0.15) is 11.5 Å². The molecule has 0 N–H and O–H groups in total. The van der Waals surface area contributed by atoms with Crippen LogP contribution >= 0.6 is 0 Å². The monoisotopic (exact) mass is 253 g/mol. The van der Waals surface area contributed by atoms with Crippen molar-refractivity contribution in [3.05, 3.63) is 17.5 Å². The number of hydrogen-bond acceptors (Lipinski definition) is 4. The molecule has 0 atom stereocenters. The summed E-state index contributed by atoms with van der Waals surface area (Å²) in [4.78, 5) is 11.9. The Morgan fingerprint density at radius 1 is 1.33 bits per heavy atom. The number of Topliss-reactive ketones (excluding diaryl/α,β-unsaturated/α-hetero) is 1. The third-order valence-corrected chi connectivity index (χ3v) is 2.93. The molecule has 0 aliphatic heterocycles. The van der Waals surface area contributed by atoms with Gasteiger partial charge in [-0.3, -0.25) is 4.79 Å². The van der Waals surface area contributed by atoms with Crippen molar-refractivity contribution in [2.75, 3.05) is 13.7 Å². The van der Waals surface area contributed by atoms with Crippen molar-refractivity contribution < 1.29 is 14.1 Å². The molecule has 0 saturated carbocycles. The van der Waals surface area contributed by atoms with Gasteiger partial charge in [-0.2, -0.15) is 0 Å². The molecule has 18 heavy (non-hydrogen) atoms. The highest BCUT2D eigenvalue weighted by Crippen LogP contribution is 2.24. The summed E-state index contributed by atoms with van der Waals surface area (Å²) in [5.41, 5.74) is 0.261. The second-order valence-electron chi connectivity index (χ2n) is 6.35. The summed E-state index contributed by atoms with van der Waals surface area (Å²) < 4.78 is 10.4. The Morgan fingerprint density at radius 2 is 1.94 bits per heavy atom. The predicted molar refractivity (Wildman–Crippen MR) is 69.6 cm³/mol. The highest BCUT2D eigenvalue weighted by atomic mass is 16.5. The number of hydrogen-bond donors (Lipinski definition) is 0. The summed E-state index contributed by atoms with van der Waals surface area (Å²) in [7, 11) is 1.66. The minimum Gasteiger partial charge on any atom is -0.384 e. The van der Waals surface area contributed by atoms with E-state index in [4.69, 9.17) is 9.26 Å². The van der Waals surface area contributed by atoms with E-state index >= 15 is 0 Å². The fourth-order valence-electron chi connectivity index (χ4n) is 1.57. The molecule has 0 bridgehead atoms. The Bertz CT molecular complexity index is 413. The van der Waals surface area contributed by atoms with Crippen molar-refractivity contribution in [1.82, 2.24) is 5.16 Å². The van der Waals surface area contributed by atoms with Crippen LogP contribution in [0.15, 0.2) is 10.6 Å². The number of nitrogens with zero attached hydrogens (tertiary/aromatic N) is 1. The fraction of sp³-hybridized carbons (Fsp3) is 0.714. The van der Waals surface area contributed by atoms with Gasteiger partial charge in [-0.1, -0.05) is 39.8 Å². The summed E-state index contributed by atoms with van der Waals surface area (Å²) in [5.74, 6) is 0.767. The van der Waals surface area contributed by atoms with Gasteiger partial charge in [0.15, 0.2) is 0 Å². The largest absolute Gasteiger partial charge is 0.384 e. The van der Waals surface area contributed by atoms with Crippen molar-refractivity contribution in [3.8, 4) is 0 Å². The molecule has 0 radical (unpaired) electrons. The van der Waals surface area contributed by atoms with Crippen LogP contribution in [0.3, 0.4) is 0 Å². The molecule has 0 spiro atoms. The van der Waals surface area contributed by atoms with Gasteiger partial charge in [0.05, 0.1) is 18.7 Å². The molecule has 1 aromatic heterocycles. The highest BCUT2D eigenvalue weighted by molar-refractivity contribution is 5.85. The zero-order chi connectivity index (χ0) is 14.0. The zero-order valence-corrected chi connectivity index (χ0v) is 12.2. The second kappa shape index (κ2) is 5.22. The molecule has 4 nitrogen and oxygen atoms in total. The van der Waals surface area contributed by atoms with Crippen LogP contribution in [0.4, 0.5) is 0 Å². The van der Waals surface area contributed by atoms with E-state index in [-0.39, 0.29) is 16.6 Å². The number of ketones is 1. The number of aromatic nitrogens is 1. The van der Waals surface area contributed by atoms with E-state index in [2.05, 4.69) is 5.16 Å². The van der Waals surface area contributed by atoms with Crippen LogP contribution in [0, 0.1) is 5.41 Å². The third-order valence-electron chi connectivity index (χ3n) is 2.93. The molecule has 0 aromatic carbocycles. The lowest BCUT2D eigenvalue weighted by atomic mass is 9.87. The number of methoxy groups -OCH3 is 1. The van der Waals surface area contributed by atoms with Crippen molar-refractivity contribution in [1.29, 1.82) is 0 Å². The standard InChI is InChI=1S/C14H23NO3/c1-13(2,3)12(16)8-10-7-11(15-18-10)14(4,5)9-17-6/h7H,8-9H2,1-6H3. The average Bonchev–Trinajstić information content (AvgIpc) is 2.65. The van der Waals surface area contributed by atoms with Crippen LogP contribution in [-0.2, 0) is 21.4 Å². The molecule has 1 aromatic rings. The van der Waals surface area contributed by atoms with E-state index in [1.165, 1.54) is 0 Å². The summed E-state index contributed by atoms with van der Waals surface area (Å²) >= 11 is 0. The van der Waals surface area contributed by atoms with Crippen LogP contribution < -0.4 is 0 Å². The van der Waals surface area contributed by atoms with Gasteiger partial charge in [0.2, 0.25) is 0 Å². The Balaban J connectivity index is 2.79. The summed E-state index contributed by atoms with van der Waals surface area (Å²) in [5, 5.41) is 4.03. The SMILES string of the molecule is COCC(C)(C)c1cc(CC(=O)C(C)(C)C)on1. The third kappa shape index (κ3) is 3.67. The molecule has 0 unspecified atom stereocenters. The molecule has 102 valence electrons. The van der Waals surface area contributed by atoms with E-state index in [9.17, 15) is 4.79 Å². The summed E-state index contributed by atoms with van der Waals surface area (Å²) in [6.07, 6.45) is 0.291. The quantitative estimate of drug-likeness (QED) is 0.809. The first-order valence-electron chi connectivity index (χ1n) is 6.15. The lowest BCUT2D eigenvalue weighted by Crippen LogP contribution is -2.24. The van der Waals surface area contributed by atoms with E-state index in [1.54, 1.807) is 7.11 Å². The first kappa shape index (κ1) is 14.9. The van der Waals surface area contributed by atoms with Crippen molar-refractivity contribution >= 4 is 5.78 Å². The smallest absolute Gasteiger partial charge is 0.145 e. The van der Waals surface area contributed by atoms with Gasteiger partial charge >= 0.3 is 0 Å². The van der Waals surface area contributed by atoms with Gasteiger partial charge in [0.25, 0.3) is 0 Å². The highest BCUT2D eigenvalue weighted by Gasteiger charge is 2.27. The summed E-state index contributed by atoms with van der Waals surface area (Å²) in [6, 6.07) is 1.85. The Kier molecular flexibility index (Phi) is 4.32. The minimum atomic E-state index is -0.352. The van der Waals surface area contributed by atoms with E-state index < -0.39 is 0 Å². The minimum absolute atomic E-state index is 0.148. The second-order valence-corrected chi connectivity index (χ2v) is 6.35. The molecule has 4 heteroatoms. The molecule has 0 fully saturated rings. The molecule has 1 rings (SSSR count). The van der Waals surface area contributed by atoms with Gasteiger partial charge in [-0.25, -0.2) is 0 Å².